The average Bonchev–Trinajstić information content (AvgIpc) is 2.26. The van der Waals surface area contributed by atoms with Crippen molar-refractivity contribution in [2.24, 2.45) is 0 Å². The van der Waals surface area contributed by atoms with Crippen molar-refractivity contribution in [1.29, 1.82) is 0 Å². The number of rotatable bonds is 5. The molecule has 1 aromatic rings. The summed E-state index contributed by atoms with van der Waals surface area (Å²) >= 11 is 5.66. The first-order chi connectivity index (χ1) is 7.54. The highest BCUT2D eigenvalue weighted by Gasteiger charge is 2.11. The zero-order valence-electron chi connectivity index (χ0n) is 9.46. The minimum Gasteiger partial charge on any atom is -0.508 e. The third kappa shape index (κ3) is 3.43. The van der Waals surface area contributed by atoms with E-state index in [1.807, 2.05) is 6.92 Å². The molecule has 88 valence electrons. The molecule has 0 radical (unpaired) electrons. The Balaban J connectivity index is 2.80. The number of phenols is 1. The van der Waals surface area contributed by atoms with Crippen LogP contribution in [-0.2, 0) is 0 Å². The number of halogens is 1. The number of hydrogen-bond donors (Lipinski definition) is 2. The van der Waals surface area contributed by atoms with Gasteiger partial charge in [0, 0.05) is 23.2 Å². The molecule has 16 heavy (non-hydrogen) atoms. The van der Waals surface area contributed by atoms with Crippen LogP contribution in [0.1, 0.15) is 18.5 Å². The maximum Gasteiger partial charge on any atom is 0.120 e. The van der Waals surface area contributed by atoms with Crippen molar-refractivity contribution >= 4 is 11.6 Å². The quantitative estimate of drug-likeness (QED) is 0.833. The van der Waals surface area contributed by atoms with Gasteiger partial charge in [-0.25, -0.2) is 0 Å². The van der Waals surface area contributed by atoms with E-state index in [-0.39, 0.29) is 11.8 Å². The van der Waals surface area contributed by atoms with Crippen molar-refractivity contribution in [2.45, 2.75) is 13.0 Å². The Morgan fingerprint density at radius 3 is 2.88 bits per heavy atom. The molecule has 0 aliphatic carbocycles. The summed E-state index contributed by atoms with van der Waals surface area (Å²) in [5.41, 5.74) is 0.775. The van der Waals surface area contributed by atoms with Crippen LogP contribution < -0.4 is 10.1 Å². The SMILES string of the molecule is C=C(Cl)CNC(C)c1cc(OC)ccc1O. The summed E-state index contributed by atoms with van der Waals surface area (Å²) in [4.78, 5) is 0. The van der Waals surface area contributed by atoms with Crippen molar-refractivity contribution < 1.29 is 9.84 Å². The van der Waals surface area contributed by atoms with Gasteiger partial charge in [0.25, 0.3) is 0 Å². The topological polar surface area (TPSA) is 41.5 Å². The lowest BCUT2D eigenvalue weighted by Crippen LogP contribution is -2.19. The smallest absolute Gasteiger partial charge is 0.120 e. The van der Waals surface area contributed by atoms with Crippen molar-refractivity contribution in [2.75, 3.05) is 13.7 Å². The van der Waals surface area contributed by atoms with Gasteiger partial charge in [0.1, 0.15) is 11.5 Å². The summed E-state index contributed by atoms with van der Waals surface area (Å²) in [5, 5.41) is 13.4. The van der Waals surface area contributed by atoms with Gasteiger partial charge in [-0.05, 0) is 25.1 Å². The molecule has 3 nitrogen and oxygen atoms in total. The van der Waals surface area contributed by atoms with Crippen molar-refractivity contribution in [3.05, 3.63) is 35.4 Å². The number of phenolic OH excluding ortho intramolecular Hbond substituents is 1. The lowest BCUT2D eigenvalue weighted by Gasteiger charge is -2.16. The molecular weight excluding hydrogens is 226 g/mol. The van der Waals surface area contributed by atoms with E-state index in [0.29, 0.717) is 17.3 Å². The van der Waals surface area contributed by atoms with Crippen molar-refractivity contribution in [1.82, 2.24) is 5.32 Å². The van der Waals surface area contributed by atoms with Crippen LogP contribution in [0.15, 0.2) is 29.8 Å². The summed E-state index contributed by atoms with van der Waals surface area (Å²) in [6.07, 6.45) is 0. The van der Waals surface area contributed by atoms with Crippen LogP contribution in [0, 0.1) is 0 Å². The first kappa shape index (κ1) is 12.9. The van der Waals surface area contributed by atoms with Crippen LogP contribution in [0.4, 0.5) is 0 Å². The van der Waals surface area contributed by atoms with Gasteiger partial charge < -0.3 is 15.2 Å². The average molecular weight is 242 g/mol. The molecule has 2 N–H and O–H groups in total. The number of benzene rings is 1. The third-order valence-electron chi connectivity index (χ3n) is 2.30. The Morgan fingerprint density at radius 1 is 1.62 bits per heavy atom. The lowest BCUT2D eigenvalue weighted by molar-refractivity contribution is 0.408. The number of nitrogens with one attached hydrogen (secondary N) is 1. The zero-order chi connectivity index (χ0) is 12.1. The van der Waals surface area contributed by atoms with E-state index in [2.05, 4.69) is 11.9 Å². The first-order valence-electron chi connectivity index (χ1n) is 4.98. The highest BCUT2D eigenvalue weighted by Crippen LogP contribution is 2.28. The zero-order valence-corrected chi connectivity index (χ0v) is 10.2. The van der Waals surface area contributed by atoms with Gasteiger partial charge in [-0.2, -0.15) is 0 Å². The fourth-order valence-electron chi connectivity index (χ4n) is 1.38. The highest BCUT2D eigenvalue weighted by atomic mass is 35.5. The molecular formula is C12H16ClNO2. The Labute approximate surface area is 101 Å². The summed E-state index contributed by atoms with van der Waals surface area (Å²) in [5.74, 6) is 0.951. The van der Waals surface area contributed by atoms with Crippen LogP contribution >= 0.6 is 11.6 Å². The predicted molar refractivity (Wildman–Crippen MR) is 66.1 cm³/mol. The van der Waals surface area contributed by atoms with E-state index in [0.717, 1.165) is 5.56 Å². The van der Waals surface area contributed by atoms with Crippen LogP contribution in [-0.4, -0.2) is 18.8 Å². The van der Waals surface area contributed by atoms with E-state index in [9.17, 15) is 5.11 Å². The minimum absolute atomic E-state index is 0.0226. The number of ether oxygens (including phenoxy) is 1. The van der Waals surface area contributed by atoms with Crippen LogP contribution in [0.3, 0.4) is 0 Å². The molecule has 1 rings (SSSR count). The number of methoxy groups -OCH3 is 1. The van der Waals surface area contributed by atoms with E-state index in [1.165, 1.54) is 0 Å². The van der Waals surface area contributed by atoms with E-state index in [4.69, 9.17) is 16.3 Å². The molecule has 0 fully saturated rings. The molecule has 1 unspecified atom stereocenters. The second kappa shape index (κ2) is 5.77. The van der Waals surface area contributed by atoms with Gasteiger partial charge in [-0.15, -0.1) is 0 Å². The fourth-order valence-corrected chi connectivity index (χ4v) is 1.46. The number of hydrogen-bond acceptors (Lipinski definition) is 3. The molecule has 0 spiro atoms. The van der Waals surface area contributed by atoms with Gasteiger partial charge in [0.15, 0.2) is 0 Å². The molecule has 0 amide bonds. The standard InChI is InChI=1S/C12H16ClNO2/c1-8(13)7-14-9(2)11-6-10(16-3)4-5-12(11)15/h4-6,9,14-15H,1,7H2,2-3H3. The molecule has 0 aliphatic rings. The van der Waals surface area contributed by atoms with Crippen LogP contribution in [0.5, 0.6) is 11.5 Å². The molecule has 0 saturated carbocycles. The third-order valence-corrected chi connectivity index (χ3v) is 2.43. The van der Waals surface area contributed by atoms with Gasteiger partial charge >= 0.3 is 0 Å². The second-order valence-electron chi connectivity index (χ2n) is 3.54. The monoisotopic (exact) mass is 241 g/mol. The maximum absolute atomic E-state index is 9.72. The lowest BCUT2D eigenvalue weighted by atomic mass is 10.1. The second-order valence-corrected chi connectivity index (χ2v) is 4.08. The summed E-state index contributed by atoms with van der Waals surface area (Å²) < 4.78 is 5.10. The van der Waals surface area contributed by atoms with Crippen LogP contribution in [0.25, 0.3) is 0 Å². The first-order valence-corrected chi connectivity index (χ1v) is 5.36. The molecule has 0 aromatic heterocycles. The summed E-state index contributed by atoms with van der Waals surface area (Å²) in [6.45, 7) is 6.03. The summed E-state index contributed by atoms with van der Waals surface area (Å²) in [7, 11) is 1.59. The minimum atomic E-state index is -0.0226. The van der Waals surface area contributed by atoms with Gasteiger partial charge in [-0.3, -0.25) is 0 Å². The largest absolute Gasteiger partial charge is 0.508 e. The molecule has 4 heteroatoms. The number of aromatic hydroxyl groups is 1. The molecule has 0 aliphatic heterocycles. The normalized spacial score (nSPS) is 12.2. The Kier molecular flexibility index (Phi) is 4.65. The maximum atomic E-state index is 9.72. The molecule has 1 aromatic carbocycles. The van der Waals surface area contributed by atoms with E-state index < -0.39 is 0 Å². The molecule has 0 heterocycles. The van der Waals surface area contributed by atoms with Crippen molar-refractivity contribution in [3.8, 4) is 11.5 Å². The molecule has 0 bridgehead atoms. The Hall–Kier alpha value is -1.19. The fraction of sp³-hybridized carbons (Fsp3) is 0.333. The van der Waals surface area contributed by atoms with Crippen LogP contribution in [0.2, 0.25) is 0 Å². The van der Waals surface area contributed by atoms with Gasteiger partial charge in [0.2, 0.25) is 0 Å². The van der Waals surface area contributed by atoms with Gasteiger partial charge in [0.05, 0.1) is 7.11 Å². The Bertz CT molecular complexity index is 379. The molecule has 1 atom stereocenters. The van der Waals surface area contributed by atoms with E-state index in [1.54, 1.807) is 25.3 Å². The van der Waals surface area contributed by atoms with E-state index >= 15 is 0 Å². The van der Waals surface area contributed by atoms with Crippen molar-refractivity contribution in [3.63, 3.8) is 0 Å². The summed E-state index contributed by atoms with van der Waals surface area (Å²) in [6, 6.07) is 5.10. The van der Waals surface area contributed by atoms with Gasteiger partial charge in [-0.1, -0.05) is 18.2 Å². The Morgan fingerprint density at radius 2 is 2.31 bits per heavy atom. The molecule has 0 saturated heterocycles. The predicted octanol–water partition coefficient (Wildman–Crippen LogP) is 2.80. The highest BCUT2D eigenvalue weighted by molar-refractivity contribution is 6.29.